The highest BCUT2D eigenvalue weighted by atomic mass is 35.5. The first kappa shape index (κ1) is 14.6. The van der Waals surface area contributed by atoms with Crippen LogP contribution in [0, 0.1) is 0 Å². The molecule has 0 bridgehead atoms. The lowest BCUT2D eigenvalue weighted by Gasteiger charge is -2.02. The minimum Gasteiger partial charge on any atom is -0.478 e. The molecule has 5 heteroatoms. The third-order valence-electron chi connectivity index (χ3n) is 2.49. The summed E-state index contributed by atoms with van der Waals surface area (Å²) in [6, 6.07) is 11.4. The van der Waals surface area contributed by atoms with Gasteiger partial charge in [-0.25, -0.2) is 9.78 Å². The predicted octanol–water partition coefficient (Wildman–Crippen LogP) is 4.13. The molecule has 1 aromatic carbocycles. The summed E-state index contributed by atoms with van der Waals surface area (Å²) in [7, 11) is 0. The smallest absolute Gasteiger partial charge is 0.328 e. The molecule has 1 aromatic heterocycles. The zero-order chi connectivity index (χ0) is 14.4. The van der Waals surface area contributed by atoms with Gasteiger partial charge in [0.25, 0.3) is 0 Å². The Bertz CT molecular complexity index is 609. The number of carboxylic acid groups (broad SMARTS) is 1. The van der Waals surface area contributed by atoms with Crippen LogP contribution in [0.15, 0.2) is 53.7 Å². The van der Waals surface area contributed by atoms with Crippen molar-refractivity contribution in [1.29, 1.82) is 0 Å². The Morgan fingerprint density at radius 1 is 1.25 bits per heavy atom. The fourth-order valence-electron chi connectivity index (χ4n) is 1.50. The van der Waals surface area contributed by atoms with Gasteiger partial charge in [-0.1, -0.05) is 35.9 Å². The van der Waals surface area contributed by atoms with Crippen molar-refractivity contribution in [3.63, 3.8) is 0 Å². The SMILES string of the molecule is O=C(O)C=Cc1ccc(CSc2ccc(Cl)cn2)cc1. The first-order valence-electron chi connectivity index (χ1n) is 5.88. The molecule has 0 radical (unpaired) electrons. The number of thioether (sulfide) groups is 1. The molecule has 0 aliphatic heterocycles. The summed E-state index contributed by atoms with van der Waals surface area (Å²) >= 11 is 7.40. The van der Waals surface area contributed by atoms with Gasteiger partial charge < -0.3 is 5.11 Å². The van der Waals surface area contributed by atoms with Crippen LogP contribution in [0.2, 0.25) is 5.02 Å². The first-order chi connectivity index (χ1) is 9.63. The number of aliphatic carboxylic acids is 1. The molecule has 0 atom stereocenters. The van der Waals surface area contributed by atoms with E-state index in [2.05, 4.69) is 4.98 Å². The Balaban J connectivity index is 1.93. The molecule has 0 aliphatic carbocycles. The van der Waals surface area contributed by atoms with Crippen molar-refractivity contribution in [2.24, 2.45) is 0 Å². The van der Waals surface area contributed by atoms with Gasteiger partial charge in [-0.15, -0.1) is 11.8 Å². The highest BCUT2D eigenvalue weighted by Crippen LogP contribution is 2.22. The molecule has 2 aromatic rings. The second-order valence-corrected chi connectivity index (χ2v) is 5.45. The summed E-state index contributed by atoms with van der Waals surface area (Å²) in [5.41, 5.74) is 2.02. The third-order valence-corrected chi connectivity index (χ3v) is 3.72. The van der Waals surface area contributed by atoms with Gasteiger partial charge in [0.1, 0.15) is 0 Å². The van der Waals surface area contributed by atoms with Gasteiger partial charge in [0.05, 0.1) is 10.0 Å². The number of nitrogens with zero attached hydrogens (tertiary/aromatic N) is 1. The van der Waals surface area contributed by atoms with E-state index in [1.165, 1.54) is 0 Å². The Kier molecular flexibility index (Phi) is 5.21. The third kappa shape index (κ3) is 4.72. The minimum absolute atomic E-state index is 0.629. The van der Waals surface area contributed by atoms with Crippen molar-refractivity contribution < 1.29 is 9.90 Å². The summed E-state index contributed by atoms with van der Waals surface area (Å²) in [6.07, 6.45) is 4.32. The quantitative estimate of drug-likeness (QED) is 0.666. The number of pyridine rings is 1. The number of hydrogen-bond acceptors (Lipinski definition) is 3. The molecule has 1 heterocycles. The van der Waals surface area contributed by atoms with E-state index in [0.717, 1.165) is 28.0 Å². The van der Waals surface area contributed by atoms with Crippen LogP contribution in [-0.4, -0.2) is 16.1 Å². The number of carbonyl (C=O) groups is 1. The topological polar surface area (TPSA) is 50.2 Å². The van der Waals surface area contributed by atoms with Gasteiger partial charge >= 0.3 is 5.97 Å². The second kappa shape index (κ2) is 7.12. The molecule has 0 saturated carbocycles. The Morgan fingerprint density at radius 2 is 2.00 bits per heavy atom. The fourth-order valence-corrected chi connectivity index (χ4v) is 2.41. The second-order valence-electron chi connectivity index (χ2n) is 4.02. The van der Waals surface area contributed by atoms with Crippen molar-refractivity contribution in [2.45, 2.75) is 10.8 Å². The number of hydrogen-bond donors (Lipinski definition) is 1. The molecule has 0 saturated heterocycles. The first-order valence-corrected chi connectivity index (χ1v) is 7.24. The molecular formula is C15H12ClNO2S. The van der Waals surface area contributed by atoms with Crippen molar-refractivity contribution in [3.05, 3.63) is 64.8 Å². The number of benzene rings is 1. The van der Waals surface area contributed by atoms with Gasteiger partial charge in [-0.05, 0) is 29.3 Å². The molecule has 20 heavy (non-hydrogen) atoms. The van der Waals surface area contributed by atoms with Gasteiger partial charge in [0.2, 0.25) is 0 Å². The standard InChI is InChI=1S/C15H12ClNO2S/c16-13-6-7-14(17-9-13)20-10-12-3-1-11(2-4-12)5-8-15(18)19/h1-9H,10H2,(H,18,19). The van der Waals surface area contributed by atoms with E-state index in [0.29, 0.717) is 5.02 Å². The lowest BCUT2D eigenvalue weighted by Crippen LogP contribution is -1.86. The molecule has 2 rings (SSSR count). The van der Waals surface area contributed by atoms with Crippen LogP contribution >= 0.6 is 23.4 Å². The minimum atomic E-state index is -0.946. The number of carboxylic acids is 1. The van der Waals surface area contributed by atoms with E-state index in [9.17, 15) is 4.79 Å². The van der Waals surface area contributed by atoms with Gasteiger partial charge in [-0.3, -0.25) is 0 Å². The summed E-state index contributed by atoms with van der Waals surface area (Å²) in [4.78, 5) is 14.6. The summed E-state index contributed by atoms with van der Waals surface area (Å²) < 4.78 is 0. The number of aromatic nitrogens is 1. The van der Waals surface area contributed by atoms with Gasteiger partial charge in [0.15, 0.2) is 0 Å². The van der Waals surface area contributed by atoms with Crippen molar-refractivity contribution >= 4 is 35.4 Å². The molecule has 0 spiro atoms. The van der Waals surface area contributed by atoms with Crippen molar-refractivity contribution in [2.75, 3.05) is 0 Å². The zero-order valence-corrected chi connectivity index (χ0v) is 12.1. The largest absolute Gasteiger partial charge is 0.478 e. The lowest BCUT2D eigenvalue weighted by molar-refractivity contribution is -0.131. The zero-order valence-electron chi connectivity index (χ0n) is 10.5. The molecule has 0 unspecified atom stereocenters. The average Bonchev–Trinajstić information content (AvgIpc) is 2.45. The Labute approximate surface area is 126 Å². The van der Waals surface area contributed by atoms with E-state index in [1.807, 2.05) is 36.4 Å². The van der Waals surface area contributed by atoms with Gasteiger partial charge in [-0.2, -0.15) is 0 Å². The van der Waals surface area contributed by atoms with Crippen LogP contribution in [0.4, 0.5) is 0 Å². The molecule has 102 valence electrons. The van der Waals surface area contributed by atoms with Gasteiger partial charge in [0, 0.05) is 18.0 Å². The molecule has 1 N–H and O–H groups in total. The van der Waals surface area contributed by atoms with E-state index < -0.39 is 5.97 Å². The molecule has 0 fully saturated rings. The van der Waals surface area contributed by atoms with Crippen LogP contribution in [0.25, 0.3) is 6.08 Å². The van der Waals surface area contributed by atoms with E-state index in [-0.39, 0.29) is 0 Å². The molecule has 0 aliphatic rings. The summed E-state index contributed by atoms with van der Waals surface area (Å²) in [6.45, 7) is 0. The fraction of sp³-hybridized carbons (Fsp3) is 0.0667. The number of halogens is 1. The predicted molar refractivity (Wildman–Crippen MR) is 81.9 cm³/mol. The molecule has 3 nitrogen and oxygen atoms in total. The lowest BCUT2D eigenvalue weighted by atomic mass is 10.1. The van der Waals surface area contributed by atoms with E-state index in [4.69, 9.17) is 16.7 Å². The van der Waals surface area contributed by atoms with Crippen LogP contribution in [-0.2, 0) is 10.5 Å². The Morgan fingerprint density at radius 3 is 2.60 bits per heavy atom. The van der Waals surface area contributed by atoms with Crippen molar-refractivity contribution in [1.82, 2.24) is 4.98 Å². The van der Waals surface area contributed by atoms with Crippen LogP contribution in [0.3, 0.4) is 0 Å². The van der Waals surface area contributed by atoms with Crippen LogP contribution in [0.5, 0.6) is 0 Å². The maximum absolute atomic E-state index is 10.4. The molecule has 0 amide bonds. The summed E-state index contributed by atoms with van der Waals surface area (Å²) in [5.74, 6) is -0.143. The maximum atomic E-state index is 10.4. The van der Waals surface area contributed by atoms with Crippen molar-refractivity contribution in [3.8, 4) is 0 Å². The Hall–Kier alpha value is -1.78. The molecular weight excluding hydrogens is 294 g/mol. The monoisotopic (exact) mass is 305 g/mol. The average molecular weight is 306 g/mol. The highest BCUT2D eigenvalue weighted by Gasteiger charge is 1.98. The van der Waals surface area contributed by atoms with Crippen LogP contribution < -0.4 is 0 Å². The van der Waals surface area contributed by atoms with E-state index >= 15 is 0 Å². The van der Waals surface area contributed by atoms with Crippen LogP contribution in [0.1, 0.15) is 11.1 Å². The van der Waals surface area contributed by atoms with E-state index in [1.54, 1.807) is 24.0 Å². The summed E-state index contributed by atoms with van der Waals surface area (Å²) in [5, 5.41) is 10.1. The maximum Gasteiger partial charge on any atom is 0.328 e. The highest BCUT2D eigenvalue weighted by molar-refractivity contribution is 7.98. The number of rotatable bonds is 5. The normalized spacial score (nSPS) is 10.8.